The van der Waals surface area contributed by atoms with Crippen LogP contribution in [-0.4, -0.2) is 32.8 Å². The van der Waals surface area contributed by atoms with Gasteiger partial charge in [0, 0.05) is 6.07 Å². The number of methoxy groups -OCH3 is 1. The van der Waals surface area contributed by atoms with Crippen LogP contribution in [0.4, 0.5) is 5.69 Å². The third-order valence-electron chi connectivity index (χ3n) is 2.19. The largest absolute Gasteiger partial charge is 0.506 e. The van der Waals surface area contributed by atoms with Gasteiger partial charge in [-0.05, 0) is 0 Å². The van der Waals surface area contributed by atoms with Gasteiger partial charge < -0.3 is 15.6 Å². The first-order chi connectivity index (χ1) is 8.04. The third kappa shape index (κ3) is 1.67. The zero-order valence-corrected chi connectivity index (χ0v) is 9.04. The molecule has 7 heteroatoms. The minimum absolute atomic E-state index is 0.111. The Morgan fingerprint density at radius 3 is 2.94 bits per heavy atom. The summed E-state index contributed by atoms with van der Waals surface area (Å²) in [6.45, 7) is 3.34. The van der Waals surface area contributed by atoms with Crippen molar-refractivity contribution in [2.24, 2.45) is 0 Å². The number of aliphatic hydroxyl groups excluding tert-OH is 1. The second-order valence-corrected chi connectivity index (χ2v) is 3.30. The molecule has 0 spiro atoms. The highest BCUT2D eigenvalue weighted by Crippen LogP contribution is 2.17. The molecule has 0 aliphatic carbocycles. The van der Waals surface area contributed by atoms with E-state index in [2.05, 4.69) is 21.4 Å². The van der Waals surface area contributed by atoms with Crippen LogP contribution < -0.4 is 5.73 Å². The molecular weight excluding hydrogens is 224 g/mol. The molecule has 0 unspecified atom stereocenters. The topological polar surface area (TPSA) is 103 Å². The van der Waals surface area contributed by atoms with Crippen molar-refractivity contribution in [1.29, 1.82) is 0 Å². The van der Waals surface area contributed by atoms with Gasteiger partial charge in [0.2, 0.25) is 0 Å². The van der Waals surface area contributed by atoms with Crippen LogP contribution in [0.3, 0.4) is 0 Å². The molecule has 0 aliphatic heterocycles. The standard InChI is InChI=1S/C10H10N4O3/c1-5(15)7-3-8(10(16)17-2)14-9(13-7)6(11)4-12-14/h3-4,15H,1,11H2,2H3. The molecule has 0 atom stereocenters. The number of fused-ring (bicyclic) bond motifs is 1. The van der Waals surface area contributed by atoms with E-state index in [0.717, 1.165) is 0 Å². The molecule has 2 aromatic rings. The number of carbonyl (C=O) groups is 1. The predicted octanol–water partition coefficient (Wildman–Crippen LogP) is 0.627. The Morgan fingerprint density at radius 2 is 2.35 bits per heavy atom. The van der Waals surface area contributed by atoms with Crippen molar-refractivity contribution in [2.75, 3.05) is 12.8 Å². The number of nitrogen functional groups attached to an aromatic ring is 1. The van der Waals surface area contributed by atoms with Crippen LogP contribution in [0.1, 0.15) is 16.2 Å². The molecule has 7 nitrogen and oxygen atoms in total. The molecule has 2 heterocycles. The zero-order chi connectivity index (χ0) is 12.6. The molecule has 0 radical (unpaired) electrons. The fraction of sp³-hybridized carbons (Fsp3) is 0.100. The number of esters is 1. The van der Waals surface area contributed by atoms with Gasteiger partial charge in [-0.3, -0.25) is 0 Å². The minimum Gasteiger partial charge on any atom is -0.506 e. The first-order valence-electron chi connectivity index (χ1n) is 4.65. The number of nitrogens with zero attached hydrogens (tertiary/aromatic N) is 3. The summed E-state index contributed by atoms with van der Waals surface area (Å²) in [6, 6.07) is 1.33. The Balaban J connectivity index is 2.79. The lowest BCUT2D eigenvalue weighted by Gasteiger charge is -2.05. The van der Waals surface area contributed by atoms with Crippen molar-refractivity contribution in [1.82, 2.24) is 14.6 Å². The van der Waals surface area contributed by atoms with Gasteiger partial charge in [0.05, 0.1) is 19.0 Å². The SMILES string of the molecule is C=C(O)c1cc(C(=O)OC)n2ncc(N)c2n1. The van der Waals surface area contributed by atoms with Crippen molar-refractivity contribution >= 4 is 23.1 Å². The highest BCUT2D eigenvalue weighted by atomic mass is 16.5. The van der Waals surface area contributed by atoms with E-state index < -0.39 is 5.97 Å². The summed E-state index contributed by atoms with van der Waals surface area (Å²) in [5, 5.41) is 13.2. The number of aliphatic hydroxyl groups is 1. The molecule has 88 valence electrons. The lowest BCUT2D eigenvalue weighted by atomic mass is 10.3. The zero-order valence-electron chi connectivity index (χ0n) is 9.04. The van der Waals surface area contributed by atoms with Gasteiger partial charge in [-0.25, -0.2) is 14.3 Å². The Labute approximate surface area is 96.1 Å². The summed E-state index contributed by atoms with van der Waals surface area (Å²) in [5.74, 6) is -0.874. The summed E-state index contributed by atoms with van der Waals surface area (Å²) < 4.78 is 5.85. The van der Waals surface area contributed by atoms with E-state index in [0.29, 0.717) is 5.69 Å². The summed E-state index contributed by atoms with van der Waals surface area (Å²) in [5.41, 5.74) is 6.45. The van der Waals surface area contributed by atoms with Crippen LogP contribution in [0.25, 0.3) is 11.4 Å². The molecular formula is C10H10N4O3. The number of anilines is 1. The van der Waals surface area contributed by atoms with E-state index in [1.807, 2.05) is 0 Å². The molecule has 0 amide bonds. The third-order valence-corrected chi connectivity index (χ3v) is 2.19. The maximum absolute atomic E-state index is 11.5. The smallest absolute Gasteiger partial charge is 0.356 e. The second kappa shape index (κ2) is 3.78. The maximum Gasteiger partial charge on any atom is 0.356 e. The first kappa shape index (κ1) is 10.9. The van der Waals surface area contributed by atoms with Crippen molar-refractivity contribution in [3.05, 3.63) is 30.2 Å². The number of aromatic nitrogens is 3. The molecule has 2 rings (SSSR count). The summed E-state index contributed by atoms with van der Waals surface area (Å²) in [7, 11) is 1.24. The van der Waals surface area contributed by atoms with E-state index in [4.69, 9.17) is 5.73 Å². The van der Waals surface area contributed by atoms with Crippen LogP contribution in [0.15, 0.2) is 18.8 Å². The van der Waals surface area contributed by atoms with Gasteiger partial charge in [0.1, 0.15) is 11.5 Å². The molecule has 0 bridgehead atoms. The van der Waals surface area contributed by atoms with Gasteiger partial charge in [0.15, 0.2) is 11.3 Å². The normalized spacial score (nSPS) is 10.4. The fourth-order valence-electron chi connectivity index (χ4n) is 1.38. The van der Waals surface area contributed by atoms with E-state index >= 15 is 0 Å². The van der Waals surface area contributed by atoms with Crippen molar-refractivity contribution in [3.8, 4) is 0 Å². The Hall–Kier alpha value is -2.57. The molecule has 17 heavy (non-hydrogen) atoms. The van der Waals surface area contributed by atoms with Gasteiger partial charge in [-0.1, -0.05) is 6.58 Å². The van der Waals surface area contributed by atoms with Gasteiger partial charge >= 0.3 is 5.97 Å². The van der Waals surface area contributed by atoms with Gasteiger partial charge in [-0.15, -0.1) is 0 Å². The monoisotopic (exact) mass is 234 g/mol. The molecule has 0 saturated carbocycles. The van der Waals surface area contributed by atoms with E-state index in [-0.39, 0.29) is 22.8 Å². The number of rotatable bonds is 2. The van der Waals surface area contributed by atoms with E-state index in [1.165, 1.54) is 23.9 Å². The number of hydrogen-bond acceptors (Lipinski definition) is 6. The minimum atomic E-state index is -0.608. The maximum atomic E-state index is 11.5. The first-order valence-corrected chi connectivity index (χ1v) is 4.65. The average molecular weight is 234 g/mol. The summed E-state index contributed by atoms with van der Waals surface area (Å²) >= 11 is 0. The van der Waals surface area contributed by atoms with Crippen LogP contribution in [0, 0.1) is 0 Å². The number of nitrogens with two attached hydrogens (primary N) is 1. The highest BCUT2D eigenvalue weighted by molar-refractivity contribution is 5.89. The second-order valence-electron chi connectivity index (χ2n) is 3.30. The highest BCUT2D eigenvalue weighted by Gasteiger charge is 2.16. The van der Waals surface area contributed by atoms with Crippen molar-refractivity contribution in [2.45, 2.75) is 0 Å². The fourth-order valence-corrected chi connectivity index (χ4v) is 1.38. The van der Waals surface area contributed by atoms with Crippen LogP contribution >= 0.6 is 0 Å². The lowest BCUT2D eigenvalue weighted by Crippen LogP contribution is -2.11. The average Bonchev–Trinajstić information content (AvgIpc) is 2.69. The quantitative estimate of drug-likeness (QED) is 0.583. The Bertz CT molecular complexity index is 617. The number of hydrogen-bond donors (Lipinski definition) is 2. The van der Waals surface area contributed by atoms with Crippen molar-refractivity contribution < 1.29 is 14.6 Å². The molecule has 0 saturated heterocycles. The van der Waals surface area contributed by atoms with Crippen LogP contribution in [-0.2, 0) is 4.74 Å². The van der Waals surface area contributed by atoms with E-state index in [1.54, 1.807) is 0 Å². The Kier molecular flexibility index (Phi) is 2.43. The molecule has 0 aromatic carbocycles. The summed E-state index contributed by atoms with van der Waals surface area (Å²) in [4.78, 5) is 15.6. The molecule has 3 N–H and O–H groups in total. The predicted molar refractivity (Wildman–Crippen MR) is 60.4 cm³/mol. The number of carbonyl (C=O) groups excluding carboxylic acids is 1. The van der Waals surface area contributed by atoms with Crippen LogP contribution in [0.5, 0.6) is 0 Å². The lowest BCUT2D eigenvalue weighted by molar-refractivity contribution is 0.0590. The molecule has 0 aliphatic rings. The van der Waals surface area contributed by atoms with Crippen LogP contribution in [0.2, 0.25) is 0 Å². The van der Waals surface area contributed by atoms with Crippen molar-refractivity contribution in [3.63, 3.8) is 0 Å². The number of ether oxygens (including phenoxy) is 1. The van der Waals surface area contributed by atoms with Gasteiger partial charge in [0.25, 0.3) is 0 Å². The molecule has 0 fully saturated rings. The molecule has 2 aromatic heterocycles. The van der Waals surface area contributed by atoms with Gasteiger partial charge in [-0.2, -0.15) is 5.10 Å². The Morgan fingerprint density at radius 1 is 1.65 bits per heavy atom. The van der Waals surface area contributed by atoms with E-state index in [9.17, 15) is 9.90 Å². The summed E-state index contributed by atoms with van der Waals surface area (Å²) in [6.07, 6.45) is 1.36.